The Hall–Kier alpha value is -1.82. The highest BCUT2D eigenvalue weighted by atomic mass is 79.9. The van der Waals surface area contributed by atoms with Crippen molar-refractivity contribution < 1.29 is 9.53 Å². The zero-order valence-electron chi connectivity index (χ0n) is 13.8. The Bertz CT molecular complexity index is 727. The van der Waals surface area contributed by atoms with Crippen LogP contribution in [0.4, 0.5) is 0 Å². The summed E-state index contributed by atoms with van der Waals surface area (Å²) in [4.78, 5) is 12.4. The van der Waals surface area contributed by atoms with Gasteiger partial charge in [-0.25, -0.2) is 0 Å². The Morgan fingerprint density at radius 3 is 2.96 bits per heavy atom. The molecule has 24 heavy (non-hydrogen) atoms. The molecule has 0 atom stereocenters. The molecule has 1 aliphatic carbocycles. The second kappa shape index (κ2) is 7.83. The third-order valence-electron chi connectivity index (χ3n) is 4.37. The van der Waals surface area contributed by atoms with Crippen LogP contribution < -0.4 is 10.1 Å². The topological polar surface area (TPSA) is 67.0 Å². The number of H-pyrrole nitrogens is 1. The zero-order chi connectivity index (χ0) is 16.9. The predicted molar refractivity (Wildman–Crippen MR) is 98.0 cm³/mol. The van der Waals surface area contributed by atoms with E-state index in [1.165, 1.54) is 12.8 Å². The van der Waals surface area contributed by atoms with Crippen molar-refractivity contribution in [1.29, 1.82) is 0 Å². The van der Waals surface area contributed by atoms with Crippen LogP contribution in [0.3, 0.4) is 0 Å². The van der Waals surface area contributed by atoms with E-state index in [-0.39, 0.29) is 5.91 Å². The van der Waals surface area contributed by atoms with Gasteiger partial charge in [-0.05, 0) is 36.6 Å². The van der Waals surface area contributed by atoms with E-state index in [4.69, 9.17) is 4.74 Å². The normalized spacial score (nSPS) is 11.9. The Labute approximate surface area is 150 Å². The number of aromatic amines is 1. The first-order chi connectivity index (χ1) is 11.7. The number of nitrogens with one attached hydrogen (secondary N) is 2. The van der Waals surface area contributed by atoms with Gasteiger partial charge < -0.3 is 10.1 Å². The van der Waals surface area contributed by atoms with E-state index in [2.05, 4.69) is 31.4 Å². The van der Waals surface area contributed by atoms with Crippen molar-refractivity contribution in [3.8, 4) is 17.0 Å². The van der Waals surface area contributed by atoms with Gasteiger partial charge in [-0.15, -0.1) is 0 Å². The lowest BCUT2D eigenvalue weighted by molar-refractivity contribution is 0.0947. The molecule has 1 aromatic carbocycles. The number of ether oxygens (including phenoxy) is 1. The first kappa shape index (κ1) is 17.0. The van der Waals surface area contributed by atoms with Crippen molar-refractivity contribution in [2.45, 2.75) is 32.1 Å². The van der Waals surface area contributed by atoms with Crippen LogP contribution in [0, 0.1) is 0 Å². The second-order valence-corrected chi connectivity index (χ2v) is 6.78. The van der Waals surface area contributed by atoms with E-state index in [1.807, 2.05) is 18.2 Å². The minimum absolute atomic E-state index is 0.0657. The van der Waals surface area contributed by atoms with Crippen LogP contribution in [0.1, 0.15) is 47.3 Å². The fraction of sp³-hybridized carbons (Fsp3) is 0.444. The van der Waals surface area contributed by atoms with Crippen LogP contribution in [0.2, 0.25) is 0 Å². The summed E-state index contributed by atoms with van der Waals surface area (Å²) in [5.74, 6) is 0.765. The molecular weight excluding hydrogens is 370 g/mol. The molecule has 0 aliphatic heterocycles. The predicted octanol–water partition coefficient (Wildman–Crippen LogP) is 3.67. The summed E-state index contributed by atoms with van der Waals surface area (Å²) in [6, 6.07) is 5.95. The number of carbonyl (C=O) groups excluding carboxylic acids is 1. The average Bonchev–Trinajstić information content (AvgIpc) is 3.15. The van der Waals surface area contributed by atoms with Gasteiger partial charge in [-0.1, -0.05) is 28.8 Å². The fourth-order valence-corrected chi connectivity index (χ4v) is 3.47. The first-order valence-electron chi connectivity index (χ1n) is 8.33. The van der Waals surface area contributed by atoms with Crippen LogP contribution in [0.15, 0.2) is 18.2 Å². The SMILES string of the molecule is COc1ccc2c(c1)Cc1c-2n[nH]c1C(=O)NCCCCCCBr. The maximum atomic E-state index is 12.4. The standard InChI is InChI=1S/C18H22BrN3O2/c1-24-13-6-7-14-12(10-13)11-15-16(14)21-22-17(15)18(23)20-9-5-3-2-4-8-19/h6-7,10H,2-5,8-9,11H2,1H3,(H,20,23)(H,21,22). The quantitative estimate of drug-likeness (QED) is 0.454. The third kappa shape index (κ3) is 3.48. The van der Waals surface area contributed by atoms with Crippen molar-refractivity contribution in [3.05, 3.63) is 35.0 Å². The van der Waals surface area contributed by atoms with Gasteiger partial charge >= 0.3 is 0 Å². The van der Waals surface area contributed by atoms with Crippen LogP contribution in [-0.2, 0) is 6.42 Å². The van der Waals surface area contributed by atoms with Crippen LogP contribution in [-0.4, -0.2) is 35.1 Å². The molecule has 1 aromatic heterocycles. The fourth-order valence-electron chi connectivity index (χ4n) is 3.08. The lowest BCUT2D eigenvalue weighted by Gasteiger charge is -2.05. The molecule has 1 heterocycles. The van der Waals surface area contributed by atoms with Gasteiger partial charge in [-0.2, -0.15) is 5.10 Å². The third-order valence-corrected chi connectivity index (χ3v) is 4.94. The van der Waals surface area contributed by atoms with E-state index in [1.54, 1.807) is 7.11 Å². The molecule has 0 unspecified atom stereocenters. The van der Waals surface area contributed by atoms with E-state index in [0.717, 1.165) is 46.3 Å². The molecule has 2 aromatic rings. The van der Waals surface area contributed by atoms with Crippen molar-refractivity contribution >= 4 is 21.8 Å². The molecule has 0 radical (unpaired) electrons. The van der Waals surface area contributed by atoms with Crippen LogP contribution in [0.5, 0.6) is 5.75 Å². The highest BCUT2D eigenvalue weighted by molar-refractivity contribution is 9.09. The number of methoxy groups -OCH3 is 1. The number of carbonyl (C=O) groups is 1. The lowest BCUT2D eigenvalue weighted by atomic mass is 10.1. The van der Waals surface area contributed by atoms with Crippen molar-refractivity contribution in [3.63, 3.8) is 0 Å². The Balaban J connectivity index is 1.62. The molecule has 6 heteroatoms. The smallest absolute Gasteiger partial charge is 0.269 e. The van der Waals surface area contributed by atoms with Crippen molar-refractivity contribution in [2.24, 2.45) is 0 Å². The minimum atomic E-state index is -0.0657. The van der Waals surface area contributed by atoms with Gasteiger partial charge in [0.15, 0.2) is 0 Å². The van der Waals surface area contributed by atoms with E-state index in [9.17, 15) is 4.79 Å². The second-order valence-electron chi connectivity index (χ2n) is 5.98. The average molecular weight is 392 g/mol. The number of benzene rings is 1. The monoisotopic (exact) mass is 391 g/mol. The highest BCUT2D eigenvalue weighted by Crippen LogP contribution is 2.38. The molecule has 1 amide bonds. The number of nitrogens with zero attached hydrogens (tertiary/aromatic N) is 1. The van der Waals surface area contributed by atoms with Gasteiger partial charge in [-0.3, -0.25) is 9.89 Å². The number of hydrogen-bond donors (Lipinski definition) is 2. The van der Waals surface area contributed by atoms with Crippen LogP contribution >= 0.6 is 15.9 Å². The number of fused-ring (bicyclic) bond motifs is 3. The van der Waals surface area contributed by atoms with E-state index < -0.39 is 0 Å². The number of aromatic nitrogens is 2. The van der Waals surface area contributed by atoms with E-state index in [0.29, 0.717) is 18.7 Å². The maximum Gasteiger partial charge on any atom is 0.269 e. The molecule has 1 aliphatic rings. The molecule has 0 fully saturated rings. The van der Waals surface area contributed by atoms with Gasteiger partial charge in [0.2, 0.25) is 0 Å². The molecular formula is C18H22BrN3O2. The maximum absolute atomic E-state index is 12.4. The van der Waals surface area contributed by atoms with Gasteiger partial charge in [0.25, 0.3) is 5.91 Å². The molecule has 0 bridgehead atoms. The number of rotatable bonds is 8. The number of hydrogen-bond acceptors (Lipinski definition) is 3. The van der Waals surface area contributed by atoms with Crippen molar-refractivity contribution in [1.82, 2.24) is 15.5 Å². The van der Waals surface area contributed by atoms with Gasteiger partial charge in [0.1, 0.15) is 11.4 Å². The number of amides is 1. The number of alkyl halides is 1. The molecule has 2 N–H and O–H groups in total. The van der Waals surface area contributed by atoms with Crippen molar-refractivity contribution in [2.75, 3.05) is 19.0 Å². The summed E-state index contributed by atoms with van der Waals surface area (Å²) in [5.41, 5.74) is 4.69. The number of unbranched alkanes of at least 4 members (excludes halogenated alkanes) is 3. The summed E-state index contributed by atoms with van der Waals surface area (Å²) in [7, 11) is 1.66. The molecule has 3 rings (SSSR count). The molecule has 5 nitrogen and oxygen atoms in total. The Morgan fingerprint density at radius 2 is 2.17 bits per heavy atom. The molecule has 0 saturated heterocycles. The summed E-state index contributed by atoms with van der Waals surface area (Å²) < 4.78 is 5.28. The summed E-state index contributed by atoms with van der Waals surface area (Å²) in [6.45, 7) is 0.704. The summed E-state index contributed by atoms with van der Waals surface area (Å²) in [6.07, 6.45) is 5.23. The Kier molecular flexibility index (Phi) is 5.56. The summed E-state index contributed by atoms with van der Waals surface area (Å²) in [5, 5.41) is 11.3. The zero-order valence-corrected chi connectivity index (χ0v) is 15.4. The Morgan fingerprint density at radius 1 is 1.33 bits per heavy atom. The van der Waals surface area contributed by atoms with E-state index >= 15 is 0 Å². The van der Waals surface area contributed by atoms with Gasteiger partial charge in [0, 0.05) is 29.4 Å². The first-order valence-corrected chi connectivity index (χ1v) is 9.45. The van der Waals surface area contributed by atoms with Crippen LogP contribution in [0.25, 0.3) is 11.3 Å². The minimum Gasteiger partial charge on any atom is -0.497 e. The molecule has 0 saturated carbocycles. The van der Waals surface area contributed by atoms with Gasteiger partial charge in [0.05, 0.1) is 12.8 Å². The largest absolute Gasteiger partial charge is 0.497 e. The molecule has 128 valence electrons. The summed E-state index contributed by atoms with van der Waals surface area (Å²) >= 11 is 3.43. The lowest BCUT2D eigenvalue weighted by Crippen LogP contribution is -2.25. The molecule has 0 spiro atoms. The highest BCUT2D eigenvalue weighted by Gasteiger charge is 2.27. The number of halogens is 1.